The zero-order valence-corrected chi connectivity index (χ0v) is 18.5. The second-order valence-corrected chi connectivity index (χ2v) is 12.4. The van der Waals surface area contributed by atoms with Gasteiger partial charge in [0.2, 0.25) is 0 Å². The second-order valence-electron chi connectivity index (χ2n) is 7.34. The molecule has 1 saturated heterocycles. The van der Waals surface area contributed by atoms with Crippen molar-refractivity contribution in [2.75, 3.05) is 17.3 Å². The second kappa shape index (κ2) is 9.18. The molecule has 0 amide bonds. The number of hydrogen-bond acceptors (Lipinski definition) is 5. The molecule has 1 aliphatic rings. The molecule has 0 aromatic heterocycles. The van der Waals surface area contributed by atoms with Gasteiger partial charge in [-0.3, -0.25) is 0 Å². The lowest BCUT2D eigenvalue weighted by molar-refractivity contribution is 0.114. The molecule has 2 rings (SSSR count). The molecule has 0 aliphatic carbocycles. The third kappa shape index (κ3) is 5.54. The summed E-state index contributed by atoms with van der Waals surface area (Å²) in [7, 11) is -3.32. The van der Waals surface area contributed by atoms with Crippen LogP contribution >= 0.6 is 23.5 Å². The molecule has 1 fully saturated rings. The first kappa shape index (κ1) is 21.9. The van der Waals surface area contributed by atoms with Crippen LogP contribution in [0.4, 0.5) is 0 Å². The van der Waals surface area contributed by atoms with E-state index >= 15 is 0 Å². The van der Waals surface area contributed by atoms with Crippen molar-refractivity contribution in [3.63, 3.8) is 0 Å². The normalized spacial score (nSPS) is 19.6. The van der Waals surface area contributed by atoms with E-state index in [0.29, 0.717) is 11.3 Å². The van der Waals surface area contributed by atoms with Crippen molar-refractivity contribution >= 4 is 33.4 Å². The lowest BCUT2D eigenvalue weighted by Gasteiger charge is -2.40. The van der Waals surface area contributed by atoms with E-state index in [1.807, 2.05) is 26.0 Å². The van der Waals surface area contributed by atoms with Gasteiger partial charge >= 0.3 is 0 Å². The van der Waals surface area contributed by atoms with Crippen LogP contribution in [0.1, 0.15) is 39.2 Å². The van der Waals surface area contributed by atoms with Crippen LogP contribution in [0.2, 0.25) is 0 Å². The molecule has 0 spiro atoms. The lowest BCUT2D eigenvalue weighted by atomic mass is 9.97. The van der Waals surface area contributed by atoms with Gasteiger partial charge in [0.05, 0.1) is 16.8 Å². The highest BCUT2D eigenvalue weighted by Gasteiger charge is 2.41. The number of aliphatic hydroxyl groups is 1. The molecule has 1 N–H and O–H groups in total. The molecule has 6 heteroatoms. The smallest absolute Gasteiger partial charge is 0.178 e. The first-order chi connectivity index (χ1) is 12.2. The number of rotatable bonds is 7. The van der Waals surface area contributed by atoms with E-state index in [4.69, 9.17) is 0 Å². The van der Waals surface area contributed by atoms with Crippen LogP contribution < -0.4 is 0 Å². The first-order valence-electron chi connectivity index (χ1n) is 9.08. The molecule has 1 heterocycles. The molecule has 2 atom stereocenters. The van der Waals surface area contributed by atoms with Gasteiger partial charge in [0.15, 0.2) is 9.84 Å². The van der Waals surface area contributed by atoms with Crippen LogP contribution in [-0.4, -0.2) is 41.0 Å². The van der Waals surface area contributed by atoms with Gasteiger partial charge in [-0.05, 0) is 63.2 Å². The Morgan fingerprint density at radius 2 is 1.81 bits per heavy atom. The Morgan fingerprint density at radius 3 is 2.35 bits per heavy atom. The molecule has 1 aliphatic heterocycles. The third-order valence-corrected chi connectivity index (χ3v) is 9.68. The van der Waals surface area contributed by atoms with Gasteiger partial charge in [-0.15, -0.1) is 23.5 Å². The van der Waals surface area contributed by atoms with Crippen LogP contribution in [0.15, 0.2) is 40.8 Å². The minimum Gasteiger partial charge on any atom is -0.390 e. The Hall–Kier alpha value is -0.430. The summed E-state index contributed by atoms with van der Waals surface area (Å²) >= 11 is 3.59. The van der Waals surface area contributed by atoms with Crippen molar-refractivity contribution in [2.45, 2.75) is 55.6 Å². The molecule has 1 aromatic rings. The predicted molar refractivity (Wildman–Crippen MR) is 115 cm³/mol. The summed E-state index contributed by atoms with van der Waals surface area (Å²) in [5.74, 6) is 2.03. The fraction of sp³-hybridized carbons (Fsp3) is 0.600. The zero-order valence-electron chi connectivity index (χ0n) is 16.1. The van der Waals surface area contributed by atoms with Gasteiger partial charge < -0.3 is 5.11 Å². The number of aliphatic hydroxyl groups excluding tert-OH is 1. The van der Waals surface area contributed by atoms with Gasteiger partial charge in [-0.25, -0.2) is 8.42 Å². The molecule has 26 heavy (non-hydrogen) atoms. The van der Waals surface area contributed by atoms with Gasteiger partial charge in [-0.1, -0.05) is 36.3 Å². The van der Waals surface area contributed by atoms with Crippen molar-refractivity contribution in [1.29, 1.82) is 0 Å². The molecule has 146 valence electrons. The van der Waals surface area contributed by atoms with Gasteiger partial charge in [0, 0.05) is 0 Å². The molecule has 0 saturated carbocycles. The summed E-state index contributed by atoms with van der Waals surface area (Å²) in [6.07, 6.45) is 3.20. The van der Waals surface area contributed by atoms with Crippen molar-refractivity contribution in [1.82, 2.24) is 0 Å². The fourth-order valence-corrected chi connectivity index (χ4v) is 8.21. The molecule has 2 unspecified atom stereocenters. The van der Waals surface area contributed by atoms with Crippen LogP contribution in [0.5, 0.6) is 0 Å². The number of sulfone groups is 1. The average molecular weight is 415 g/mol. The summed E-state index contributed by atoms with van der Waals surface area (Å²) in [5.41, 5.74) is 2.23. The summed E-state index contributed by atoms with van der Waals surface area (Å²) in [5, 5.41) is 11.1. The van der Waals surface area contributed by atoms with E-state index in [9.17, 15) is 13.5 Å². The zero-order chi connectivity index (χ0) is 19.4. The molecule has 1 aromatic carbocycles. The molecule has 0 bridgehead atoms. The van der Waals surface area contributed by atoms with Gasteiger partial charge in [0.1, 0.15) is 4.08 Å². The molecule has 0 radical (unpaired) electrons. The fourth-order valence-electron chi connectivity index (χ4n) is 3.06. The quantitative estimate of drug-likeness (QED) is 0.656. The number of aryl methyl sites for hydroxylation is 1. The Bertz CT molecular complexity index is 713. The number of allylic oxidation sites excluding steroid dienone is 1. The number of benzene rings is 1. The van der Waals surface area contributed by atoms with Crippen LogP contribution in [0.3, 0.4) is 0 Å². The maximum Gasteiger partial charge on any atom is 0.178 e. The summed E-state index contributed by atoms with van der Waals surface area (Å²) < 4.78 is 24.8. The van der Waals surface area contributed by atoms with Crippen LogP contribution in [0, 0.1) is 12.8 Å². The van der Waals surface area contributed by atoms with Crippen LogP contribution in [-0.2, 0) is 9.84 Å². The standard InChI is InChI=1S/C20H30O3S3/c1-15(2)14-20(24-11-5-12-25-20)19(21)17(4)10-13-26(22,23)18-8-6-16(3)7-9-18/h6-9,14,17,19,21H,5,10-13H2,1-4H3. The van der Waals surface area contributed by atoms with Crippen LogP contribution in [0.25, 0.3) is 0 Å². The molecular weight excluding hydrogens is 384 g/mol. The van der Waals surface area contributed by atoms with E-state index in [2.05, 4.69) is 19.9 Å². The number of hydrogen-bond donors (Lipinski definition) is 1. The monoisotopic (exact) mass is 414 g/mol. The van der Waals surface area contributed by atoms with Crippen molar-refractivity contribution in [3.8, 4) is 0 Å². The van der Waals surface area contributed by atoms with E-state index in [-0.39, 0.29) is 15.7 Å². The first-order valence-corrected chi connectivity index (χ1v) is 12.7. The average Bonchev–Trinajstić information content (AvgIpc) is 2.59. The van der Waals surface area contributed by atoms with E-state index in [1.165, 1.54) is 5.57 Å². The van der Waals surface area contributed by atoms with Gasteiger partial charge in [0.25, 0.3) is 0 Å². The summed E-state index contributed by atoms with van der Waals surface area (Å²) in [6.45, 7) is 8.01. The summed E-state index contributed by atoms with van der Waals surface area (Å²) in [6, 6.07) is 6.99. The molecule has 3 nitrogen and oxygen atoms in total. The van der Waals surface area contributed by atoms with E-state index < -0.39 is 15.9 Å². The summed E-state index contributed by atoms with van der Waals surface area (Å²) in [4.78, 5) is 0.366. The van der Waals surface area contributed by atoms with Crippen molar-refractivity contribution in [2.24, 2.45) is 5.92 Å². The number of thioether (sulfide) groups is 2. The maximum absolute atomic E-state index is 12.6. The predicted octanol–water partition coefficient (Wildman–Crippen LogP) is 4.69. The van der Waals surface area contributed by atoms with Crippen molar-refractivity contribution in [3.05, 3.63) is 41.5 Å². The maximum atomic E-state index is 12.6. The van der Waals surface area contributed by atoms with E-state index in [1.54, 1.807) is 35.7 Å². The lowest BCUT2D eigenvalue weighted by Crippen LogP contribution is -2.42. The Labute approximate surface area is 167 Å². The van der Waals surface area contributed by atoms with Crippen molar-refractivity contribution < 1.29 is 13.5 Å². The highest BCUT2D eigenvalue weighted by Crippen LogP contribution is 2.48. The minimum atomic E-state index is -3.32. The highest BCUT2D eigenvalue weighted by atomic mass is 32.2. The van der Waals surface area contributed by atoms with Gasteiger partial charge in [-0.2, -0.15) is 0 Å². The Morgan fingerprint density at radius 1 is 1.23 bits per heavy atom. The topological polar surface area (TPSA) is 54.4 Å². The molecular formula is C20H30O3S3. The third-order valence-electron chi connectivity index (χ3n) is 4.61. The Kier molecular flexibility index (Phi) is 7.72. The van der Waals surface area contributed by atoms with E-state index in [0.717, 1.165) is 23.5 Å². The minimum absolute atomic E-state index is 0.0640. The largest absolute Gasteiger partial charge is 0.390 e. The SMILES string of the molecule is CC(C)=CC1(C(O)C(C)CCS(=O)(=O)c2ccc(C)cc2)SCCCS1. The highest BCUT2D eigenvalue weighted by molar-refractivity contribution is 8.19. The Balaban J connectivity index is 2.08.